The lowest BCUT2D eigenvalue weighted by molar-refractivity contribution is 0.0592. The van der Waals surface area contributed by atoms with Crippen LogP contribution in [0, 0.1) is 0 Å². The van der Waals surface area contributed by atoms with Crippen LogP contribution in [0.15, 0.2) is 164 Å². The number of ether oxygens (including phenoxy) is 7. The lowest BCUT2D eigenvalue weighted by Gasteiger charge is -2.18. The minimum absolute atomic E-state index is 0.290. The van der Waals surface area contributed by atoms with Crippen molar-refractivity contribution in [3.8, 4) is 45.6 Å². The van der Waals surface area contributed by atoms with Gasteiger partial charge in [0, 0.05) is 5.56 Å². The smallest absolute Gasteiger partial charge is 0.338 e. The molecule has 0 fully saturated rings. The highest BCUT2D eigenvalue weighted by molar-refractivity contribution is 6.00. The zero-order valence-electron chi connectivity index (χ0n) is 34.0. The maximum atomic E-state index is 13.4. The summed E-state index contributed by atoms with van der Waals surface area (Å²) in [6.45, 7) is 0.981. The quantitative estimate of drug-likeness (QED) is 0.0657. The van der Waals surface area contributed by atoms with E-state index in [9.17, 15) is 9.59 Å². The topological polar surface area (TPSA) is 98.8 Å². The van der Waals surface area contributed by atoms with E-state index in [1.807, 2.05) is 146 Å². The van der Waals surface area contributed by atoms with Gasteiger partial charge in [-0.1, -0.05) is 115 Å². The molecule has 306 valence electrons. The van der Waals surface area contributed by atoms with Crippen molar-refractivity contribution in [2.24, 2.45) is 0 Å². The van der Waals surface area contributed by atoms with Gasteiger partial charge in [0.25, 0.3) is 0 Å². The Morgan fingerprint density at radius 1 is 0.459 bits per heavy atom. The fraction of sp³-hybridized carbons (Fsp3) is 0.115. The molecule has 0 bridgehead atoms. The van der Waals surface area contributed by atoms with E-state index in [1.54, 1.807) is 30.3 Å². The van der Waals surface area contributed by atoms with Crippen LogP contribution >= 0.6 is 0 Å². The van der Waals surface area contributed by atoms with Gasteiger partial charge in [0.15, 0.2) is 23.0 Å². The summed E-state index contributed by atoms with van der Waals surface area (Å²) in [6, 6.07) is 51.1. The van der Waals surface area contributed by atoms with E-state index in [-0.39, 0.29) is 6.61 Å². The highest BCUT2D eigenvalue weighted by atomic mass is 16.5. The van der Waals surface area contributed by atoms with Gasteiger partial charge in [-0.15, -0.1) is 0 Å². The zero-order chi connectivity index (χ0) is 42.4. The summed E-state index contributed by atoms with van der Waals surface area (Å²) in [5.41, 5.74) is 6.55. The summed E-state index contributed by atoms with van der Waals surface area (Å²) in [5, 5.41) is 0. The predicted molar refractivity (Wildman–Crippen MR) is 235 cm³/mol. The monoisotopic (exact) mass is 812 g/mol. The van der Waals surface area contributed by atoms with Crippen molar-refractivity contribution in [3.05, 3.63) is 203 Å². The fourth-order valence-corrected chi connectivity index (χ4v) is 6.48. The van der Waals surface area contributed by atoms with Crippen molar-refractivity contribution in [2.45, 2.75) is 19.8 Å². The fourth-order valence-electron chi connectivity index (χ4n) is 6.48. The highest BCUT2D eigenvalue weighted by Crippen LogP contribution is 2.40. The van der Waals surface area contributed by atoms with Crippen LogP contribution in [0.3, 0.4) is 0 Å². The van der Waals surface area contributed by atoms with E-state index in [0.29, 0.717) is 64.4 Å². The molecule has 0 N–H and O–H groups in total. The van der Waals surface area contributed by atoms with Crippen LogP contribution in [-0.4, -0.2) is 33.3 Å². The molecule has 7 aromatic rings. The second-order valence-corrected chi connectivity index (χ2v) is 13.8. The normalized spacial score (nSPS) is 10.8. The van der Waals surface area contributed by atoms with E-state index in [1.165, 1.54) is 21.3 Å². The minimum Gasteiger partial charge on any atom is -0.493 e. The Balaban J connectivity index is 1.28. The molecule has 0 saturated carbocycles. The molecule has 0 aromatic heterocycles. The molecule has 0 unspecified atom stereocenters. The summed E-state index contributed by atoms with van der Waals surface area (Å²) in [4.78, 5) is 25.5. The molecule has 0 radical (unpaired) electrons. The summed E-state index contributed by atoms with van der Waals surface area (Å²) < 4.78 is 41.1. The first-order valence-electron chi connectivity index (χ1n) is 19.5. The van der Waals surface area contributed by atoms with Gasteiger partial charge in [0.1, 0.15) is 31.3 Å². The number of methoxy groups -OCH3 is 3. The number of carbonyl (C=O) groups is 2. The van der Waals surface area contributed by atoms with Gasteiger partial charge in [-0.25, -0.2) is 9.59 Å². The number of carbonyl (C=O) groups excluding carboxylic acids is 2. The molecule has 0 amide bonds. The van der Waals surface area contributed by atoms with E-state index < -0.39 is 11.9 Å². The summed E-state index contributed by atoms with van der Waals surface area (Å²) in [6.07, 6.45) is 3.90. The van der Waals surface area contributed by atoms with Gasteiger partial charge in [0.05, 0.1) is 32.5 Å². The predicted octanol–water partition coefficient (Wildman–Crippen LogP) is 11.6. The number of esters is 2. The number of hydrogen-bond acceptors (Lipinski definition) is 9. The average molecular weight is 813 g/mol. The summed E-state index contributed by atoms with van der Waals surface area (Å²) >= 11 is 0. The van der Waals surface area contributed by atoms with Gasteiger partial charge in [-0.2, -0.15) is 0 Å². The standard InChI is InChI=1S/C52H44O9/c1-55-48-32-46(52(54)57-3)45(31-49(48)60-35-39-17-11-6-12-18-39)44-27-26-43(58-33-37-13-7-4-8-14-37)30-41(44)21-19-36-20-28-47(59-34-38-15-9-5-10-16-38)50(29-36)61-42-24-22-40(23-25-42)51(53)56-2/h4-32H,33-35H2,1-3H3/b21-19-. The van der Waals surface area contributed by atoms with Crippen LogP contribution in [0.25, 0.3) is 23.3 Å². The third-order valence-corrected chi connectivity index (χ3v) is 9.67. The molecule has 0 aliphatic heterocycles. The van der Waals surface area contributed by atoms with Crippen LogP contribution in [-0.2, 0) is 29.3 Å². The average Bonchev–Trinajstić information content (AvgIpc) is 3.32. The van der Waals surface area contributed by atoms with Crippen molar-refractivity contribution in [3.63, 3.8) is 0 Å². The van der Waals surface area contributed by atoms with Crippen molar-refractivity contribution in [2.75, 3.05) is 21.3 Å². The molecule has 9 nitrogen and oxygen atoms in total. The molecule has 0 spiro atoms. The third kappa shape index (κ3) is 10.8. The van der Waals surface area contributed by atoms with Gasteiger partial charge in [-0.3, -0.25) is 0 Å². The Morgan fingerprint density at radius 3 is 1.62 bits per heavy atom. The Bertz CT molecular complexity index is 2590. The molecule has 7 rings (SSSR count). The first kappa shape index (κ1) is 41.4. The largest absolute Gasteiger partial charge is 0.493 e. The number of hydrogen-bond donors (Lipinski definition) is 0. The van der Waals surface area contributed by atoms with Crippen LogP contribution in [0.5, 0.6) is 34.5 Å². The number of rotatable bonds is 17. The van der Waals surface area contributed by atoms with Crippen LogP contribution in [0.1, 0.15) is 48.5 Å². The van der Waals surface area contributed by atoms with E-state index in [2.05, 4.69) is 0 Å². The van der Waals surface area contributed by atoms with Crippen LogP contribution in [0.2, 0.25) is 0 Å². The molecule has 0 aliphatic carbocycles. The minimum atomic E-state index is -0.533. The molecule has 0 heterocycles. The highest BCUT2D eigenvalue weighted by Gasteiger charge is 2.21. The Kier molecular flexibility index (Phi) is 13.7. The SMILES string of the molecule is COC(=O)c1ccc(Oc2cc(/C=C\c3cc(OCc4ccccc4)ccc3-c3cc(OCc4ccccc4)c(OC)cc3C(=O)OC)ccc2OCc2ccccc2)cc1. The molecule has 0 saturated heterocycles. The Morgan fingerprint density at radius 2 is 1.03 bits per heavy atom. The van der Waals surface area contributed by atoms with E-state index >= 15 is 0 Å². The van der Waals surface area contributed by atoms with Crippen molar-refractivity contribution >= 4 is 24.1 Å². The van der Waals surface area contributed by atoms with E-state index in [0.717, 1.165) is 33.4 Å². The summed E-state index contributed by atoms with van der Waals surface area (Å²) in [5.74, 6) is 2.00. The molecule has 61 heavy (non-hydrogen) atoms. The molecule has 0 aliphatic rings. The molecular formula is C52H44O9. The second kappa shape index (κ2) is 20.3. The van der Waals surface area contributed by atoms with Crippen molar-refractivity contribution in [1.29, 1.82) is 0 Å². The van der Waals surface area contributed by atoms with Gasteiger partial charge in [-0.05, 0) is 94.0 Å². The van der Waals surface area contributed by atoms with E-state index in [4.69, 9.17) is 33.2 Å². The summed E-state index contributed by atoms with van der Waals surface area (Å²) in [7, 11) is 4.22. The lowest BCUT2D eigenvalue weighted by atomic mass is 9.93. The van der Waals surface area contributed by atoms with Gasteiger partial charge in [0.2, 0.25) is 0 Å². The molecule has 9 heteroatoms. The molecule has 0 atom stereocenters. The van der Waals surface area contributed by atoms with Crippen molar-refractivity contribution in [1.82, 2.24) is 0 Å². The number of benzene rings is 7. The molecule has 7 aromatic carbocycles. The van der Waals surface area contributed by atoms with Gasteiger partial charge < -0.3 is 33.2 Å². The first-order chi connectivity index (χ1) is 29.9. The second-order valence-electron chi connectivity index (χ2n) is 13.8. The zero-order valence-corrected chi connectivity index (χ0v) is 34.0. The maximum absolute atomic E-state index is 13.4. The first-order valence-corrected chi connectivity index (χ1v) is 19.5. The van der Waals surface area contributed by atoms with Crippen LogP contribution in [0.4, 0.5) is 0 Å². The molecular weight excluding hydrogens is 769 g/mol. The van der Waals surface area contributed by atoms with Crippen LogP contribution < -0.4 is 23.7 Å². The maximum Gasteiger partial charge on any atom is 0.338 e. The Labute approximate surface area is 355 Å². The third-order valence-electron chi connectivity index (χ3n) is 9.67. The Hall–Kier alpha value is -7.78. The van der Waals surface area contributed by atoms with Crippen molar-refractivity contribution < 1.29 is 42.7 Å². The lowest BCUT2D eigenvalue weighted by Crippen LogP contribution is -2.07. The van der Waals surface area contributed by atoms with Gasteiger partial charge >= 0.3 is 11.9 Å².